The van der Waals surface area contributed by atoms with Gasteiger partial charge >= 0.3 is 0 Å². The van der Waals surface area contributed by atoms with Gasteiger partial charge in [0.05, 0.1) is 10.4 Å². The lowest BCUT2D eigenvalue weighted by Gasteiger charge is -2.43. The first-order valence-electron chi connectivity index (χ1n) is 9.18. The molecule has 5 heteroatoms. The third-order valence-corrected chi connectivity index (χ3v) is 6.53. The van der Waals surface area contributed by atoms with Gasteiger partial charge in [-0.3, -0.25) is 9.69 Å². The summed E-state index contributed by atoms with van der Waals surface area (Å²) in [7, 11) is 0. The van der Waals surface area contributed by atoms with Crippen molar-refractivity contribution in [2.75, 3.05) is 18.0 Å². The number of hydrogen-bond donors (Lipinski definition) is 0. The number of aryl methyl sites for hydroxylation is 1. The monoisotopic (exact) mass is 398 g/mol. The maximum absolute atomic E-state index is 12.6. The summed E-state index contributed by atoms with van der Waals surface area (Å²) in [6, 6.07) is 4.45. The highest BCUT2D eigenvalue weighted by Gasteiger charge is 2.32. The maximum atomic E-state index is 12.6. The van der Waals surface area contributed by atoms with Crippen LogP contribution in [0.2, 0.25) is 0 Å². The van der Waals surface area contributed by atoms with Gasteiger partial charge < -0.3 is 4.90 Å². The standard InChI is InChI=1S/C22H26N2OS2/c1-7-9-23-20(25)19(27-21(23)26)12-16-11-17-15(4)13-22(5,6)24(8-2)18(17)10-14(16)3/h7,10-13H,1,8-9H2,2-6H3/b19-12+. The predicted molar refractivity (Wildman–Crippen MR) is 122 cm³/mol. The Hall–Kier alpha value is -1.85. The number of nitrogens with zero attached hydrogens (tertiary/aromatic N) is 2. The van der Waals surface area contributed by atoms with Crippen molar-refractivity contribution in [2.24, 2.45) is 0 Å². The molecular formula is C22H26N2OS2. The van der Waals surface area contributed by atoms with Crippen LogP contribution in [-0.4, -0.2) is 33.8 Å². The number of rotatable bonds is 4. The van der Waals surface area contributed by atoms with Crippen molar-refractivity contribution in [2.45, 2.75) is 40.2 Å². The molecule has 1 amide bonds. The summed E-state index contributed by atoms with van der Waals surface area (Å²) >= 11 is 6.71. The van der Waals surface area contributed by atoms with Gasteiger partial charge in [0.2, 0.25) is 0 Å². The third kappa shape index (κ3) is 3.50. The van der Waals surface area contributed by atoms with Crippen LogP contribution in [0.3, 0.4) is 0 Å². The van der Waals surface area contributed by atoms with Crippen LogP contribution in [-0.2, 0) is 4.79 Å². The molecule has 0 saturated carbocycles. The zero-order chi connectivity index (χ0) is 19.9. The predicted octanol–water partition coefficient (Wildman–Crippen LogP) is 5.40. The van der Waals surface area contributed by atoms with Gasteiger partial charge in [0.15, 0.2) is 0 Å². The number of likely N-dealkylation sites (N-methyl/N-ethyl adjacent to an activating group) is 1. The molecule has 2 heterocycles. The first-order valence-corrected chi connectivity index (χ1v) is 10.4. The normalized spacial score (nSPS) is 20.2. The molecule has 2 aliphatic rings. The van der Waals surface area contributed by atoms with Gasteiger partial charge in [-0.25, -0.2) is 0 Å². The molecule has 1 saturated heterocycles. The molecule has 1 fully saturated rings. The quantitative estimate of drug-likeness (QED) is 0.385. The largest absolute Gasteiger partial charge is 0.363 e. The molecule has 3 nitrogen and oxygen atoms in total. The summed E-state index contributed by atoms with van der Waals surface area (Å²) in [6.45, 7) is 16.1. The van der Waals surface area contributed by atoms with Crippen LogP contribution in [0.5, 0.6) is 0 Å². The number of benzene rings is 1. The molecule has 0 atom stereocenters. The van der Waals surface area contributed by atoms with Crippen LogP contribution in [0.4, 0.5) is 5.69 Å². The Morgan fingerprint density at radius 2 is 2.00 bits per heavy atom. The van der Waals surface area contributed by atoms with Crippen LogP contribution in [0, 0.1) is 6.92 Å². The second kappa shape index (κ2) is 7.28. The Bertz CT molecular complexity index is 896. The molecule has 0 bridgehead atoms. The van der Waals surface area contributed by atoms with E-state index in [1.165, 1.54) is 28.6 Å². The number of thiocarbonyl (C=S) groups is 1. The fourth-order valence-corrected chi connectivity index (χ4v) is 5.17. The van der Waals surface area contributed by atoms with E-state index in [0.29, 0.717) is 15.8 Å². The van der Waals surface area contributed by atoms with Gasteiger partial charge in [0.1, 0.15) is 4.32 Å². The van der Waals surface area contributed by atoms with E-state index >= 15 is 0 Å². The maximum Gasteiger partial charge on any atom is 0.266 e. The van der Waals surface area contributed by atoms with Gasteiger partial charge in [-0.15, -0.1) is 6.58 Å². The number of hydrogen-bond acceptors (Lipinski definition) is 4. The number of carbonyl (C=O) groups is 1. The van der Waals surface area contributed by atoms with Crippen LogP contribution >= 0.6 is 24.0 Å². The molecule has 0 N–H and O–H groups in total. The van der Waals surface area contributed by atoms with E-state index in [2.05, 4.69) is 64.3 Å². The van der Waals surface area contributed by atoms with Crippen LogP contribution < -0.4 is 4.90 Å². The van der Waals surface area contributed by atoms with E-state index in [1.807, 2.05) is 6.08 Å². The molecule has 142 valence electrons. The zero-order valence-corrected chi connectivity index (χ0v) is 18.3. The topological polar surface area (TPSA) is 23.6 Å². The molecule has 0 aliphatic carbocycles. The van der Waals surface area contributed by atoms with Gasteiger partial charge in [-0.2, -0.15) is 0 Å². The van der Waals surface area contributed by atoms with Crippen molar-refractivity contribution < 1.29 is 4.79 Å². The fraction of sp³-hybridized carbons (Fsp3) is 0.364. The second-order valence-electron chi connectivity index (χ2n) is 7.53. The number of anilines is 1. The van der Waals surface area contributed by atoms with Gasteiger partial charge in [-0.1, -0.05) is 36.1 Å². The van der Waals surface area contributed by atoms with E-state index in [1.54, 1.807) is 11.0 Å². The van der Waals surface area contributed by atoms with Crippen molar-refractivity contribution >= 4 is 51.5 Å². The molecule has 3 rings (SSSR count). The van der Waals surface area contributed by atoms with E-state index in [0.717, 1.165) is 17.7 Å². The minimum atomic E-state index is -0.0365. The summed E-state index contributed by atoms with van der Waals surface area (Å²) < 4.78 is 0.594. The number of allylic oxidation sites excluding steroid dienone is 1. The lowest BCUT2D eigenvalue weighted by molar-refractivity contribution is -0.121. The SMILES string of the molecule is C=CCN1C(=O)/C(=C\c2cc3c(cc2C)N(CC)C(C)(C)C=C3C)SC1=S. The highest BCUT2D eigenvalue weighted by molar-refractivity contribution is 8.26. The summed E-state index contributed by atoms with van der Waals surface area (Å²) in [4.78, 5) is 17.3. The Labute approximate surface area is 171 Å². The van der Waals surface area contributed by atoms with E-state index in [9.17, 15) is 4.79 Å². The molecule has 27 heavy (non-hydrogen) atoms. The first kappa shape index (κ1) is 19.9. The third-order valence-electron chi connectivity index (χ3n) is 5.15. The van der Waals surface area contributed by atoms with Crippen LogP contribution in [0.25, 0.3) is 11.6 Å². The van der Waals surface area contributed by atoms with Crippen molar-refractivity contribution in [1.29, 1.82) is 0 Å². The van der Waals surface area contributed by atoms with Crippen LogP contribution in [0.1, 0.15) is 44.4 Å². The number of fused-ring (bicyclic) bond motifs is 1. The van der Waals surface area contributed by atoms with E-state index < -0.39 is 0 Å². The van der Waals surface area contributed by atoms with Crippen molar-refractivity contribution in [1.82, 2.24) is 4.90 Å². The summed E-state index contributed by atoms with van der Waals surface area (Å²) in [5, 5.41) is 0. The van der Waals surface area contributed by atoms with E-state index in [-0.39, 0.29) is 11.4 Å². The highest BCUT2D eigenvalue weighted by Crippen LogP contribution is 2.41. The zero-order valence-electron chi connectivity index (χ0n) is 16.6. The highest BCUT2D eigenvalue weighted by atomic mass is 32.2. The Morgan fingerprint density at radius 3 is 2.63 bits per heavy atom. The summed E-state index contributed by atoms with van der Waals surface area (Å²) in [6.07, 6.45) is 6.00. The minimum absolute atomic E-state index is 0.00704. The van der Waals surface area contributed by atoms with Gasteiger partial charge in [0.25, 0.3) is 5.91 Å². The average molecular weight is 399 g/mol. The molecule has 1 aromatic rings. The van der Waals surface area contributed by atoms with Gasteiger partial charge in [-0.05, 0) is 69.5 Å². The molecule has 1 aromatic carbocycles. The Kier molecular flexibility index (Phi) is 5.37. The molecule has 0 aromatic heterocycles. The van der Waals surface area contributed by atoms with Crippen molar-refractivity contribution in [3.05, 3.63) is 52.5 Å². The Balaban J connectivity index is 2.06. The summed E-state index contributed by atoms with van der Waals surface area (Å²) in [5.41, 5.74) is 5.98. The fourth-order valence-electron chi connectivity index (χ4n) is 3.91. The van der Waals surface area contributed by atoms with Crippen LogP contribution in [0.15, 0.2) is 35.8 Å². The number of carbonyl (C=O) groups excluding carboxylic acids is 1. The molecule has 0 radical (unpaired) electrons. The molecular weight excluding hydrogens is 372 g/mol. The second-order valence-corrected chi connectivity index (χ2v) is 9.21. The lowest BCUT2D eigenvalue weighted by Crippen LogP contribution is -2.44. The molecule has 0 unspecified atom stereocenters. The van der Waals surface area contributed by atoms with E-state index in [4.69, 9.17) is 12.2 Å². The molecule has 2 aliphatic heterocycles. The van der Waals surface area contributed by atoms with Crippen molar-refractivity contribution in [3.8, 4) is 0 Å². The minimum Gasteiger partial charge on any atom is -0.363 e. The average Bonchev–Trinajstić information content (AvgIpc) is 2.84. The Morgan fingerprint density at radius 1 is 1.30 bits per heavy atom. The lowest BCUT2D eigenvalue weighted by atomic mass is 9.87. The molecule has 0 spiro atoms. The number of amides is 1. The smallest absolute Gasteiger partial charge is 0.266 e. The van der Waals surface area contributed by atoms with Gasteiger partial charge in [0, 0.05) is 24.3 Å². The van der Waals surface area contributed by atoms with Crippen molar-refractivity contribution in [3.63, 3.8) is 0 Å². The first-order chi connectivity index (χ1) is 12.7. The summed E-state index contributed by atoms with van der Waals surface area (Å²) in [5.74, 6) is -0.0365. The number of thioether (sulfide) groups is 1.